The molecule has 7 rings (SSSR count). The van der Waals surface area contributed by atoms with Gasteiger partial charge in [0.15, 0.2) is 0 Å². The minimum atomic E-state index is -0.515. The van der Waals surface area contributed by atoms with Gasteiger partial charge in [-0.1, -0.05) is 68.4 Å². The van der Waals surface area contributed by atoms with E-state index < -0.39 is 5.41 Å². The van der Waals surface area contributed by atoms with Gasteiger partial charge in [-0.3, -0.25) is 4.57 Å². The van der Waals surface area contributed by atoms with Crippen LogP contribution < -0.4 is 4.74 Å². The number of ether oxygens (including phenoxy) is 1. The van der Waals surface area contributed by atoms with Gasteiger partial charge < -0.3 is 4.74 Å². The van der Waals surface area contributed by atoms with Crippen LogP contribution >= 0.6 is 0 Å². The third-order valence-corrected chi connectivity index (χ3v) is 7.39. The Morgan fingerprint density at radius 1 is 0.788 bits per heavy atom. The first kappa shape index (κ1) is 18.7. The predicted octanol–water partition coefficient (Wildman–Crippen LogP) is 6.95. The van der Waals surface area contributed by atoms with E-state index in [2.05, 4.69) is 103 Å². The standard InChI is InChI=1S/C30H24N2O/c1-3-19-16-17-24-23(18-19)31-29-30(28-20(4-2)10-9-13-25(28)32(24)29)21-11-5-7-14-26(21)33-27-15-8-6-12-22(27)30/h5-18H,3-4H2,1-2H3. The molecule has 0 unspecified atom stereocenters. The van der Waals surface area contributed by atoms with E-state index in [0.717, 1.165) is 52.3 Å². The fourth-order valence-corrected chi connectivity index (χ4v) is 5.96. The fourth-order valence-electron chi connectivity index (χ4n) is 5.96. The number of rotatable bonds is 2. The van der Waals surface area contributed by atoms with Crippen LogP contribution in [-0.2, 0) is 18.3 Å². The number of aromatic nitrogens is 2. The Morgan fingerprint density at radius 2 is 1.52 bits per heavy atom. The predicted molar refractivity (Wildman–Crippen MR) is 132 cm³/mol. The molecule has 0 radical (unpaired) electrons. The van der Waals surface area contributed by atoms with Crippen molar-refractivity contribution >= 4 is 11.0 Å². The number of hydrogen-bond donors (Lipinski definition) is 0. The molecule has 0 aliphatic carbocycles. The summed E-state index contributed by atoms with van der Waals surface area (Å²) in [6.07, 6.45) is 1.96. The quantitative estimate of drug-likeness (QED) is 0.298. The number of para-hydroxylation sites is 2. The molecule has 2 aliphatic heterocycles. The first-order valence-corrected chi connectivity index (χ1v) is 11.8. The largest absolute Gasteiger partial charge is 0.457 e. The maximum Gasteiger partial charge on any atom is 0.134 e. The van der Waals surface area contributed by atoms with Crippen molar-refractivity contribution < 1.29 is 4.74 Å². The second-order valence-corrected chi connectivity index (χ2v) is 8.96. The molecule has 0 saturated carbocycles. The molecule has 33 heavy (non-hydrogen) atoms. The summed E-state index contributed by atoms with van der Waals surface area (Å²) in [5.41, 5.74) is 9.24. The minimum Gasteiger partial charge on any atom is -0.457 e. The second-order valence-electron chi connectivity index (χ2n) is 8.96. The Bertz CT molecular complexity index is 1530. The molecular formula is C30H24N2O. The van der Waals surface area contributed by atoms with E-state index in [1.165, 1.54) is 22.4 Å². The molecular weight excluding hydrogens is 404 g/mol. The molecule has 2 aliphatic rings. The molecule has 3 heteroatoms. The molecule has 4 aromatic carbocycles. The van der Waals surface area contributed by atoms with Crippen LogP contribution in [0.25, 0.3) is 16.7 Å². The van der Waals surface area contributed by atoms with E-state index in [0.29, 0.717) is 0 Å². The highest BCUT2D eigenvalue weighted by atomic mass is 16.5. The molecule has 0 atom stereocenters. The minimum absolute atomic E-state index is 0.515. The summed E-state index contributed by atoms with van der Waals surface area (Å²) >= 11 is 0. The van der Waals surface area contributed by atoms with Crippen molar-refractivity contribution in [3.8, 4) is 17.2 Å². The van der Waals surface area contributed by atoms with Crippen molar-refractivity contribution in [3.63, 3.8) is 0 Å². The number of fused-ring (bicyclic) bond motifs is 11. The van der Waals surface area contributed by atoms with E-state index in [9.17, 15) is 0 Å². The van der Waals surface area contributed by atoms with Crippen molar-refractivity contribution in [1.29, 1.82) is 0 Å². The van der Waals surface area contributed by atoms with E-state index in [1.54, 1.807) is 0 Å². The zero-order chi connectivity index (χ0) is 22.2. The Labute approximate surface area is 193 Å². The van der Waals surface area contributed by atoms with Gasteiger partial charge in [-0.15, -0.1) is 0 Å². The first-order chi connectivity index (χ1) is 16.3. The number of benzene rings is 4. The summed E-state index contributed by atoms with van der Waals surface area (Å²) in [5, 5.41) is 0. The lowest BCUT2D eigenvalue weighted by atomic mass is 9.66. The topological polar surface area (TPSA) is 27.1 Å². The van der Waals surface area contributed by atoms with Gasteiger partial charge in [0.1, 0.15) is 22.7 Å². The summed E-state index contributed by atoms with van der Waals surface area (Å²) < 4.78 is 8.83. The van der Waals surface area contributed by atoms with Gasteiger partial charge in [0, 0.05) is 16.7 Å². The van der Waals surface area contributed by atoms with Gasteiger partial charge in [-0.05, 0) is 54.3 Å². The molecule has 0 amide bonds. The van der Waals surface area contributed by atoms with Crippen LogP contribution in [-0.4, -0.2) is 9.55 Å². The van der Waals surface area contributed by atoms with Gasteiger partial charge in [-0.25, -0.2) is 4.98 Å². The first-order valence-electron chi connectivity index (χ1n) is 11.8. The number of nitrogens with zero attached hydrogens (tertiary/aromatic N) is 2. The normalized spacial score (nSPS) is 14.5. The number of hydrogen-bond acceptors (Lipinski definition) is 2. The van der Waals surface area contributed by atoms with Crippen molar-refractivity contribution in [1.82, 2.24) is 9.55 Å². The zero-order valence-electron chi connectivity index (χ0n) is 18.8. The maximum atomic E-state index is 6.44. The smallest absolute Gasteiger partial charge is 0.134 e. The average Bonchev–Trinajstić information content (AvgIpc) is 3.38. The molecule has 3 heterocycles. The maximum absolute atomic E-state index is 6.44. The average molecular weight is 429 g/mol. The third-order valence-electron chi connectivity index (χ3n) is 7.39. The molecule has 0 N–H and O–H groups in total. The van der Waals surface area contributed by atoms with Crippen LogP contribution in [0.4, 0.5) is 0 Å². The molecule has 0 fully saturated rings. The monoisotopic (exact) mass is 428 g/mol. The van der Waals surface area contributed by atoms with E-state index >= 15 is 0 Å². The summed E-state index contributed by atoms with van der Waals surface area (Å²) in [5.74, 6) is 2.87. The highest BCUT2D eigenvalue weighted by Gasteiger charge is 2.54. The van der Waals surface area contributed by atoms with Crippen LogP contribution in [0, 0.1) is 0 Å². The van der Waals surface area contributed by atoms with Crippen LogP contribution in [0.3, 0.4) is 0 Å². The summed E-state index contributed by atoms with van der Waals surface area (Å²) in [4.78, 5) is 5.37. The molecule has 3 nitrogen and oxygen atoms in total. The zero-order valence-corrected chi connectivity index (χ0v) is 18.8. The van der Waals surface area contributed by atoms with Crippen molar-refractivity contribution in [2.45, 2.75) is 32.1 Å². The molecule has 160 valence electrons. The SMILES string of the molecule is CCc1ccc2c(c1)nc1n2-c2cccc(CC)c2C12c1ccccc1Oc1ccccc12. The van der Waals surface area contributed by atoms with Crippen LogP contribution in [0.1, 0.15) is 47.5 Å². The fraction of sp³-hybridized carbons (Fsp3) is 0.167. The van der Waals surface area contributed by atoms with Crippen molar-refractivity contribution in [2.75, 3.05) is 0 Å². The Balaban J connectivity index is 1.73. The molecule has 1 spiro atoms. The lowest BCUT2D eigenvalue weighted by Crippen LogP contribution is -2.34. The van der Waals surface area contributed by atoms with Gasteiger partial charge >= 0.3 is 0 Å². The summed E-state index contributed by atoms with van der Waals surface area (Å²) in [6.45, 7) is 4.44. The molecule has 1 aromatic heterocycles. The van der Waals surface area contributed by atoms with Gasteiger partial charge in [-0.2, -0.15) is 0 Å². The molecule has 5 aromatic rings. The van der Waals surface area contributed by atoms with Gasteiger partial charge in [0.25, 0.3) is 0 Å². The van der Waals surface area contributed by atoms with Crippen molar-refractivity contribution in [2.24, 2.45) is 0 Å². The third kappa shape index (κ3) is 2.22. The van der Waals surface area contributed by atoms with Crippen LogP contribution in [0.2, 0.25) is 0 Å². The second kappa shape index (κ2) is 6.58. The highest BCUT2D eigenvalue weighted by molar-refractivity contribution is 5.86. The molecule has 0 bridgehead atoms. The summed E-state index contributed by atoms with van der Waals surface area (Å²) in [6, 6.07) is 30.4. The van der Waals surface area contributed by atoms with E-state index in [1.807, 2.05) is 0 Å². The number of imidazole rings is 1. The highest BCUT2D eigenvalue weighted by Crippen LogP contribution is 2.60. The lowest BCUT2D eigenvalue weighted by Gasteiger charge is -2.38. The molecule has 0 saturated heterocycles. The van der Waals surface area contributed by atoms with Crippen LogP contribution in [0.15, 0.2) is 84.9 Å². The van der Waals surface area contributed by atoms with E-state index in [4.69, 9.17) is 9.72 Å². The Morgan fingerprint density at radius 3 is 2.21 bits per heavy atom. The summed E-state index contributed by atoms with van der Waals surface area (Å²) in [7, 11) is 0. The Kier molecular flexibility index (Phi) is 3.73. The van der Waals surface area contributed by atoms with Gasteiger partial charge in [0.05, 0.1) is 16.7 Å². The van der Waals surface area contributed by atoms with E-state index in [-0.39, 0.29) is 0 Å². The van der Waals surface area contributed by atoms with Gasteiger partial charge in [0.2, 0.25) is 0 Å². The van der Waals surface area contributed by atoms with Crippen molar-refractivity contribution in [3.05, 3.63) is 119 Å². The lowest BCUT2D eigenvalue weighted by molar-refractivity contribution is 0.432. The number of aryl methyl sites for hydroxylation is 2. The van der Waals surface area contributed by atoms with Crippen LogP contribution in [0.5, 0.6) is 11.5 Å². The Hall–Kier alpha value is -3.85.